The Hall–Kier alpha value is -1.05. The normalized spacial score (nSPS) is 18.6. The molecule has 2 heterocycles. The second-order valence-corrected chi connectivity index (χ2v) is 6.60. The Morgan fingerprint density at radius 1 is 1.48 bits per heavy atom. The molecule has 0 aliphatic carbocycles. The van der Waals surface area contributed by atoms with Crippen LogP contribution in [0.3, 0.4) is 0 Å². The van der Waals surface area contributed by atoms with Gasteiger partial charge in [-0.15, -0.1) is 23.7 Å². The van der Waals surface area contributed by atoms with Gasteiger partial charge in [-0.1, -0.05) is 12.1 Å². The summed E-state index contributed by atoms with van der Waals surface area (Å²) in [5.41, 5.74) is 1.01. The monoisotopic (exact) mass is 357 g/mol. The fraction of sp³-hybridized carbons (Fsp3) is 0.438. The first-order chi connectivity index (χ1) is 10.8. The lowest BCUT2D eigenvalue weighted by Crippen LogP contribution is -2.45. The average Bonchev–Trinajstić information content (AvgIpc) is 2.95. The SMILES string of the molecule is COCc1cnc(CN2CCNCC2c2cccc(F)c2)s1.Cl. The van der Waals surface area contributed by atoms with Gasteiger partial charge in [0, 0.05) is 39.0 Å². The maximum atomic E-state index is 13.5. The van der Waals surface area contributed by atoms with Crippen LogP contribution in [0.1, 0.15) is 21.5 Å². The van der Waals surface area contributed by atoms with Gasteiger partial charge in [0.25, 0.3) is 0 Å². The predicted molar refractivity (Wildman–Crippen MR) is 92.5 cm³/mol. The Morgan fingerprint density at radius 2 is 2.35 bits per heavy atom. The molecule has 0 saturated carbocycles. The summed E-state index contributed by atoms with van der Waals surface area (Å²) in [6, 6.07) is 7.06. The van der Waals surface area contributed by atoms with Crippen molar-refractivity contribution >= 4 is 23.7 Å². The topological polar surface area (TPSA) is 37.4 Å². The lowest BCUT2D eigenvalue weighted by Gasteiger charge is -2.36. The molecule has 3 rings (SSSR count). The molecule has 0 radical (unpaired) electrons. The smallest absolute Gasteiger partial charge is 0.123 e. The highest BCUT2D eigenvalue weighted by Gasteiger charge is 2.24. The number of hydrogen-bond donors (Lipinski definition) is 1. The third kappa shape index (κ3) is 4.71. The number of hydrogen-bond acceptors (Lipinski definition) is 5. The van der Waals surface area contributed by atoms with Crippen LogP contribution in [0.4, 0.5) is 4.39 Å². The zero-order chi connectivity index (χ0) is 15.4. The molecule has 1 saturated heterocycles. The molecule has 1 aromatic carbocycles. The van der Waals surface area contributed by atoms with Gasteiger partial charge in [-0.2, -0.15) is 0 Å². The number of methoxy groups -OCH3 is 1. The van der Waals surface area contributed by atoms with Crippen LogP contribution in [0.15, 0.2) is 30.5 Å². The molecule has 126 valence electrons. The van der Waals surface area contributed by atoms with Crippen LogP contribution in [0.5, 0.6) is 0 Å². The minimum atomic E-state index is -0.181. The molecule has 1 fully saturated rings. The van der Waals surface area contributed by atoms with Gasteiger partial charge in [0.2, 0.25) is 0 Å². The number of halogens is 2. The summed E-state index contributed by atoms with van der Waals surface area (Å²) in [4.78, 5) is 7.97. The van der Waals surface area contributed by atoms with E-state index in [0.29, 0.717) is 6.61 Å². The number of piperazine rings is 1. The van der Waals surface area contributed by atoms with Gasteiger partial charge in [-0.3, -0.25) is 4.90 Å². The molecule has 1 atom stereocenters. The molecule has 7 heteroatoms. The maximum Gasteiger partial charge on any atom is 0.123 e. The van der Waals surface area contributed by atoms with Crippen molar-refractivity contribution in [1.29, 1.82) is 0 Å². The highest BCUT2D eigenvalue weighted by Crippen LogP contribution is 2.26. The van der Waals surface area contributed by atoms with E-state index in [2.05, 4.69) is 15.2 Å². The number of aromatic nitrogens is 1. The predicted octanol–water partition coefficient (Wildman–Crippen LogP) is 3.00. The Bertz CT molecular complexity index is 625. The summed E-state index contributed by atoms with van der Waals surface area (Å²) in [5.74, 6) is -0.181. The number of thiazole rings is 1. The van der Waals surface area contributed by atoms with Crippen molar-refractivity contribution in [1.82, 2.24) is 15.2 Å². The Balaban J connectivity index is 0.00000192. The van der Waals surface area contributed by atoms with Crippen molar-refractivity contribution in [2.24, 2.45) is 0 Å². The summed E-state index contributed by atoms with van der Waals surface area (Å²) in [6.45, 7) is 4.10. The standard InChI is InChI=1S/C16H20FN3OS.ClH/c1-21-11-14-8-19-16(22-14)10-20-6-5-18-9-15(20)12-3-2-4-13(17)7-12;/h2-4,7-8,15,18H,5-6,9-11H2,1H3;1H. The van der Waals surface area contributed by atoms with E-state index in [1.54, 1.807) is 30.6 Å². The van der Waals surface area contributed by atoms with Gasteiger partial charge in [0.1, 0.15) is 10.8 Å². The number of benzene rings is 1. The van der Waals surface area contributed by atoms with Crippen molar-refractivity contribution < 1.29 is 9.13 Å². The van der Waals surface area contributed by atoms with Gasteiger partial charge >= 0.3 is 0 Å². The van der Waals surface area contributed by atoms with Gasteiger partial charge in [0.05, 0.1) is 18.0 Å². The van der Waals surface area contributed by atoms with E-state index in [0.717, 1.165) is 41.6 Å². The Morgan fingerprint density at radius 3 is 3.13 bits per heavy atom. The fourth-order valence-corrected chi connectivity index (χ4v) is 3.70. The van der Waals surface area contributed by atoms with Crippen molar-refractivity contribution in [2.75, 3.05) is 26.7 Å². The molecule has 2 aromatic rings. The second kappa shape index (κ2) is 8.70. The summed E-state index contributed by atoms with van der Waals surface area (Å²) in [5, 5.41) is 4.47. The summed E-state index contributed by atoms with van der Waals surface area (Å²) >= 11 is 1.68. The van der Waals surface area contributed by atoms with Crippen LogP contribution in [0.2, 0.25) is 0 Å². The molecule has 23 heavy (non-hydrogen) atoms. The summed E-state index contributed by atoms with van der Waals surface area (Å²) < 4.78 is 18.6. The van der Waals surface area contributed by atoms with E-state index in [9.17, 15) is 4.39 Å². The molecule has 4 nitrogen and oxygen atoms in total. The minimum absolute atomic E-state index is 0. The molecule has 0 amide bonds. The third-order valence-corrected chi connectivity index (χ3v) is 4.77. The summed E-state index contributed by atoms with van der Waals surface area (Å²) in [7, 11) is 1.69. The van der Waals surface area contributed by atoms with Crippen LogP contribution in [0, 0.1) is 5.82 Å². The van der Waals surface area contributed by atoms with Crippen LogP contribution in [-0.4, -0.2) is 36.6 Å². The third-order valence-electron chi connectivity index (χ3n) is 3.81. The molecule has 1 unspecified atom stereocenters. The molecule has 0 bridgehead atoms. The molecule has 1 aliphatic rings. The quantitative estimate of drug-likeness (QED) is 0.892. The zero-order valence-corrected chi connectivity index (χ0v) is 14.6. The van der Waals surface area contributed by atoms with Crippen LogP contribution in [0.25, 0.3) is 0 Å². The molecule has 1 N–H and O–H groups in total. The van der Waals surface area contributed by atoms with Gasteiger partial charge in [-0.05, 0) is 17.7 Å². The molecular formula is C16H21ClFN3OS. The maximum absolute atomic E-state index is 13.5. The number of nitrogens with zero attached hydrogens (tertiary/aromatic N) is 2. The number of ether oxygens (including phenoxy) is 1. The first kappa shape index (κ1) is 18.3. The first-order valence-corrected chi connectivity index (χ1v) is 8.20. The average molecular weight is 358 g/mol. The number of nitrogens with one attached hydrogen (secondary N) is 1. The second-order valence-electron chi connectivity index (χ2n) is 5.40. The largest absolute Gasteiger partial charge is 0.379 e. The van der Waals surface area contributed by atoms with Crippen LogP contribution < -0.4 is 5.32 Å². The lowest BCUT2D eigenvalue weighted by molar-refractivity contribution is 0.153. The van der Waals surface area contributed by atoms with Crippen molar-refractivity contribution in [3.63, 3.8) is 0 Å². The lowest BCUT2D eigenvalue weighted by atomic mass is 10.0. The molecular weight excluding hydrogens is 337 g/mol. The van der Waals surface area contributed by atoms with E-state index < -0.39 is 0 Å². The highest BCUT2D eigenvalue weighted by atomic mass is 35.5. The van der Waals surface area contributed by atoms with Crippen molar-refractivity contribution in [3.05, 3.63) is 51.7 Å². The van der Waals surface area contributed by atoms with E-state index in [-0.39, 0.29) is 24.3 Å². The molecule has 1 aromatic heterocycles. The summed E-state index contributed by atoms with van der Waals surface area (Å²) in [6.07, 6.45) is 1.88. The van der Waals surface area contributed by atoms with Crippen molar-refractivity contribution in [3.8, 4) is 0 Å². The van der Waals surface area contributed by atoms with Gasteiger partial charge in [0.15, 0.2) is 0 Å². The van der Waals surface area contributed by atoms with Crippen LogP contribution >= 0.6 is 23.7 Å². The Kier molecular flexibility index (Phi) is 6.92. The molecule has 1 aliphatic heterocycles. The fourth-order valence-electron chi connectivity index (χ4n) is 2.78. The first-order valence-electron chi connectivity index (χ1n) is 7.39. The van der Waals surface area contributed by atoms with E-state index >= 15 is 0 Å². The van der Waals surface area contributed by atoms with Crippen LogP contribution in [-0.2, 0) is 17.9 Å². The minimum Gasteiger partial charge on any atom is -0.379 e. The number of rotatable bonds is 5. The molecule has 0 spiro atoms. The van der Waals surface area contributed by atoms with E-state index in [1.165, 1.54) is 6.07 Å². The van der Waals surface area contributed by atoms with E-state index in [1.807, 2.05) is 12.3 Å². The van der Waals surface area contributed by atoms with Crippen molar-refractivity contribution in [2.45, 2.75) is 19.2 Å². The van der Waals surface area contributed by atoms with E-state index in [4.69, 9.17) is 4.74 Å². The van der Waals surface area contributed by atoms with Gasteiger partial charge in [-0.25, -0.2) is 9.37 Å². The highest BCUT2D eigenvalue weighted by molar-refractivity contribution is 7.11. The zero-order valence-electron chi connectivity index (χ0n) is 13.0. The van der Waals surface area contributed by atoms with Gasteiger partial charge < -0.3 is 10.1 Å². The Labute approximate surface area is 146 Å².